The van der Waals surface area contributed by atoms with Crippen LogP contribution >= 0.6 is 0 Å². The molecule has 0 aliphatic rings. The minimum Gasteiger partial charge on any atom is -0.481 e. The number of hydrogen-bond acceptors (Lipinski definition) is 2. The lowest BCUT2D eigenvalue weighted by molar-refractivity contribution is -0.136. The van der Waals surface area contributed by atoms with Crippen LogP contribution in [-0.2, 0) is 11.2 Å². The molecule has 5 nitrogen and oxygen atoms in total. The third-order valence-corrected chi connectivity index (χ3v) is 2.60. The SMILES string of the molecule is Cc1ccccc1NC(N)=O.O=C(O)Cc1ccccc1. The highest BCUT2D eigenvalue weighted by molar-refractivity contribution is 5.88. The van der Waals surface area contributed by atoms with Crippen molar-refractivity contribution >= 4 is 17.7 Å². The van der Waals surface area contributed by atoms with Gasteiger partial charge in [-0.2, -0.15) is 0 Å². The second-order valence-corrected chi connectivity index (χ2v) is 4.36. The van der Waals surface area contributed by atoms with Gasteiger partial charge in [0.1, 0.15) is 0 Å². The lowest BCUT2D eigenvalue weighted by Gasteiger charge is -2.03. The number of carboxylic acid groups (broad SMARTS) is 1. The summed E-state index contributed by atoms with van der Waals surface area (Å²) < 4.78 is 0. The Bertz CT molecular complexity index is 597. The Morgan fingerprint density at radius 2 is 1.62 bits per heavy atom. The third kappa shape index (κ3) is 6.77. The van der Waals surface area contributed by atoms with Gasteiger partial charge >= 0.3 is 12.0 Å². The quantitative estimate of drug-likeness (QED) is 0.810. The van der Waals surface area contributed by atoms with Crippen molar-refractivity contribution in [2.75, 3.05) is 5.32 Å². The van der Waals surface area contributed by atoms with Gasteiger partial charge in [-0.3, -0.25) is 4.79 Å². The fourth-order valence-corrected chi connectivity index (χ4v) is 1.62. The Hall–Kier alpha value is -2.82. The molecule has 0 heterocycles. The van der Waals surface area contributed by atoms with E-state index in [4.69, 9.17) is 10.8 Å². The number of hydrogen-bond donors (Lipinski definition) is 3. The molecule has 0 saturated carbocycles. The molecule has 4 N–H and O–H groups in total. The summed E-state index contributed by atoms with van der Waals surface area (Å²) in [5.74, 6) is -0.786. The van der Waals surface area contributed by atoms with Gasteiger partial charge in [-0.1, -0.05) is 48.5 Å². The number of anilines is 1. The Morgan fingerprint density at radius 3 is 2.14 bits per heavy atom. The standard InChI is InChI=1S/C8H10N2O.C8H8O2/c1-6-4-2-3-5-7(6)10-8(9)11;9-8(10)6-7-4-2-1-3-5-7/h2-5H,1H3,(H3,9,10,11);1-5H,6H2,(H,9,10). The van der Waals surface area contributed by atoms with E-state index in [-0.39, 0.29) is 6.42 Å². The number of aryl methyl sites for hydroxylation is 1. The first-order valence-corrected chi connectivity index (χ1v) is 6.37. The average Bonchev–Trinajstić information content (AvgIpc) is 2.42. The molecule has 0 spiro atoms. The first-order chi connectivity index (χ1) is 9.99. The highest BCUT2D eigenvalue weighted by Gasteiger charge is 1.97. The van der Waals surface area contributed by atoms with Gasteiger partial charge in [-0.05, 0) is 24.1 Å². The van der Waals surface area contributed by atoms with Crippen molar-refractivity contribution in [2.24, 2.45) is 5.73 Å². The molecular weight excluding hydrogens is 268 g/mol. The largest absolute Gasteiger partial charge is 0.481 e. The van der Waals surface area contributed by atoms with Gasteiger partial charge in [-0.25, -0.2) is 4.79 Å². The van der Waals surface area contributed by atoms with Crippen LogP contribution in [0.15, 0.2) is 54.6 Å². The Balaban J connectivity index is 0.000000211. The maximum absolute atomic E-state index is 10.4. The number of benzene rings is 2. The average molecular weight is 286 g/mol. The number of amides is 2. The molecule has 0 aromatic heterocycles. The monoisotopic (exact) mass is 286 g/mol. The maximum Gasteiger partial charge on any atom is 0.316 e. The summed E-state index contributed by atoms with van der Waals surface area (Å²) in [7, 11) is 0. The van der Waals surface area contributed by atoms with E-state index in [0.717, 1.165) is 16.8 Å². The lowest BCUT2D eigenvalue weighted by atomic mass is 10.2. The van der Waals surface area contributed by atoms with Gasteiger partial charge in [0.05, 0.1) is 6.42 Å². The summed E-state index contributed by atoms with van der Waals surface area (Å²) in [5, 5.41) is 10.9. The minimum absolute atomic E-state index is 0.112. The Labute approximate surface area is 123 Å². The van der Waals surface area contributed by atoms with Crippen LogP contribution in [0.25, 0.3) is 0 Å². The van der Waals surface area contributed by atoms with Gasteiger partial charge in [-0.15, -0.1) is 0 Å². The molecule has 2 rings (SSSR count). The number of urea groups is 1. The summed E-state index contributed by atoms with van der Waals surface area (Å²) in [6.07, 6.45) is 0.112. The lowest BCUT2D eigenvalue weighted by Crippen LogP contribution is -2.19. The highest BCUT2D eigenvalue weighted by Crippen LogP contribution is 2.11. The molecule has 0 bridgehead atoms. The van der Waals surface area contributed by atoms with Gasteiger partial charge in [0.2, 0.25) is 0 Å². The molecule has 0 saturated heterocycles. The van der Waals surface area contributed by atoms with E-state index in [1.54, 1.807) is 18.2 Å². The van der Waals surface area contributed by atoms with Crippen LogP contribution in [0.3, 0.4) is 0 Å². The van der Waals surface area contributed by atoms with Crippen LogP contribution in [0, 0.1) is 6.92 Å². The van der Waals surface area contributed by atoms with Crippen molar-refractivity contribution in [3.8, 4) is 0 Å². The van der Waals surface area contributed by atoms with Gasteiger partial charge < -0.3 is 16.2 Å². The van der Waals surface area contributed by atoms with E-state index in [1.165, 1.54) is 0 Å². The molecule has 5 heteroatoms. The molecule has 21 heavy (non-hydrogen) atoms. The second-order valence-electron chi connectivity index (χ2n) is 4.36. The van der Waals surface area contributed by atoms with E-state index >= 15 is 0 Å². The number of carboxylic acids is 1. The van der Waals surface area contributed by atoms with Crippen LogP contribution in [0.4, 0.5) is 10.5 Å². The number of carbonyl (C=O) groups excluding carboxylic acids is 1. The summed E-state index contributed by atoms with van der Waals surface area (Å²) in [6, 6.07) is 16.1. The number of para-hydroxylation sites is 1. The van der Waals surface area contributed by atoms with Crippen molar-refractivity contribution in [3.05, 3.63) is 65.7 Å². The minimum atomic E-state index is -0.786. The summed E-state index contributed by atoms with van der Waals surface area (Å²) >= 11 is 0. The first kappa shape index (κ1) is 16.2. The molecule has 2 amide bonds. The fraction of sp³-hybridized carbons (Fsp3) is 0.125. The van der Waals surface area contributed by atoms with Crippen LogP contribution in [0.2, 0.25) is 0 Å². The Morgan fingerprint density at radius 1 is 1.05 bits per heavy atom. The van der Waals surface area contributed by atoms with Crippen LogP contribution in [0.1, 0.15) is 11.1 Å². The summed E-state index contributed by atoms with van der Waals surface area (Å²) in [6.45, 7) is 1.91. The number of rotatable bonds is 3. The van der Waals surface area contributed by atoms with Crippen molar-refractivity contribution in [1.82, 2.24) is 0 Å². The summed E-state index contributed by atoms with van der Waals surface area (Å²) in [4.78, 5) is 20.6. The highest BCUT2D eigenvalue weighted by atomic mass is 16.4. The second kappa shape index (κ2) is 8.37. The number of aliphatic carboxylic acids is 1. The first-order valence-electron chi connectivity index (χ1n) is 6.37. The number of nitrogens with two attached hydrogens (primary N) is 1. The van der Waals surface area contributed by atoms with Crippen molar-refractivity contribution in [3.63, 3.8) is 0 Å². The zero-order valence-corrected chi connectivity index (χ0v) is 11.7. The predicted molar refractivity (Wildman–Crippen MR) is 82.2 cm³/mol. The molecule has 2 aromatic rings. The topological polar surface area (TPSA) is 92.4 Å². The van der Waals surface area contributed by atoms with Crippen molar-refractivity contribution in [1.29, 1.82) is 0 Å². The molecule has 110 valence electrons. The molecule has 0 unspecified atom stereocenters. The van der Waals surface area contributed by atoms with Crippen molar-refractivity contribution < 1.29 is 14.7 Å². The molecule has 0 fully saturated rings. The van der Waals surface area contributed by atoms with Crippen molar-refractivity contribution in [2.45, 2.75) is 13.3 Å². The predicted octanol–water partition coefficient (Wildman–Crippen LogP) is 2.80. The fourth-order valence-electron chi connectivity index (χ4n) is 1.62. The molecular formula is C16H18N2O3. The summed E-state index contributed by atoms with van der Waals surface area (Å²) in [5.41, 5.74) is 7.56. The van der Waals surface area contributed by atoms with Crippen LogP contribution < -0.4 is 11.1 Å². The van der Waals surface area contributed by atoms with E-state index in [1.807, 2.05) is 43.3 Å². The molecule has 0 aliphatic carbocycles. The third-order valence-electron chi connectivity index (χ3n) is 2.60. The van der Waals surface area contributed by atoms with E-state index < -0.39 is 12.0 Å². The van der Waals surface area contributed by atoms with Gasteiger partial charge in [0, 0.05) is 5.69 Å². The zero-order chi connectivity index (χ0) is 15.7. The molecule has 0 atom stereocenters. The molecule has 0 aliphatic heterocycles. The molecule has 0 radical (unpaired) electrons. The van der Waals surface area contributed by atoms with Crippen LogP contribution in [-0.4, -0.2) is 17.1 Å². The number of primary amides is 1. The zero-order valence-electron chi connectivity index (χ0n) is 11.7. The van der Waals surface area contributed by atoms with Gasteiger partial charge in [0.25, 0.3) is 0 Å². The maximum atomic E-state index is 10.4. The normalized spacial score (nSPS) is 9.19. The van der Waals surface area contributed by atoms with E-state index in [9.17, 15) is 9.59 Å². The molecule has 2 aromatic carbocycles. The Kier molecular flexibility index (Phi) is 6.47. The van der Waals surface area contributed by atoms with E-state index in [0.29, 0.717) is 0 Å². The smallest absolute Gasteiger partial charge is 0.316 e. The van der Waals surface area contributed by atoms with Gasteiger partial charge in [0.15, 0.2) is 0 Å². The number of nitrogens with one attached hydrogen (secondary N) is 1. The number of carbonyl (C=O) groups is 2. The van der Waals surface area contributed by atoms with E-state index in [2.05, 4.69) is 5.32 Å². The van der Waals surface area contributed by atoms with Crippen LogP contribution in [0.5, 0.6) is 0 Å².